The summed E-state index contributed by atoms with van der Waals surface area (Å²) in [7, 11) is -0.715. The van der Waals surface area contributed by atoms with Gasteiger partial charge in [-0.15, -0.1) is 0 Å². The molecule has 0 atom stereocenters. The first-order valence-electron chi connectivity index (χ1n) is 5.95. The molecule has 0 spiro atoms. The molecule has 0 N–H and O–H groups in total. The second-order valence-corrected chi connectivity index (χ2v) is 6.15. The Hall–Kier alpha value is -0.575. The average Bonchev–Trinajstić information content (AvgIpc) is 2.42. The molecule has 1 aliphatic rings. The molecule has 18 heavy (non-hydrogen) atoms. The second-order valence-electron chi connectivity index (χ2n) is 5.74. The molecular weight excluding hydrogens is 253 g/mol. The third-order valence-electron chi connectivity index (χ3n) is 3.71. The lowest BCUT2D eigenvalue weighted by molar-refractivity contribution is 0.00578. The Bertz CT molecular complexity index is 472. The van der Waals surface area contributed by atoms with Gasteiger partial charge in [-0.3, -0.25) is 0 Å². The maximum absolute atomic E-state index is 14.0. The maximum atomic E-state index is 14.0. The van der Waals surface area contributed by atoms with Crippen LogP contribution in [0.2, 0.25) is 5.02 Å². The molecule has 1 aromatic carbocycles. The van der Waals surface area contributed by atoms with Crippen LogP contribution in [0.1, 0.15) is 33.3 Å². The highest BCUT2D eigenvalue weighted by Crippen LogP contribution is 2.36. The number of rotatable bonds is 1. The molecule has 1 saturated heterocycles. The van der Waals surface area contributed by atoms with Gasteiger partial charge < -0.3 is 9.31 Å². The molecule has 0 unspecified atom stereocenters. The molecule has 0 bridgehead atoms. The SMILES string of the molecule is Cc1cc(Cl)c(F)c(B2OC(C)(C)C(C)(C)O2)c1. The van der Waals surface area contributed by atoms with Crippen LogP contribution in [0.3, 0.4) is 0 Å². The molecule has 5 heteroatoms. The van der Waals surface area contributed by atoms with E-state index in [9.17, 15) is 4.39 Å². The molecule has 2 rings (SSSR count). The van der Waals surface area contributed by atoms with Crippen LogP contribution in [-0.2, 0) is 9.31 Å². The van der Waals surface area contributed by atoms with Crippen molar-refractivity contribution in [3.05, 3.63) is 28.5 Å². The van der Waals surface area contributed by atoms with Crippen LogP contribution in [0.4, 0.5) is 4.39 Å². The van der Waals surface area contributed by atoms with Gasteiger partial charge in [0.2, 0.25) is 0 Å². The molecule has 0 amide bonds. The van der Waals surface area contributed by atoms with Gasteiger partial charge in [0.25, 0.3) is 0 Å². The minimum atomic E-state index is -0.715. The topological polar surface area (TPSA) is 18.5 Å². The van der Waals surface area contributed by atoms with E-state index in [1.807, 2.05) is 34.6 Å². The Balaban J connectivity index is 2.41. The van der Waals surface area contributed by atoms with Crippen molar-refractivity contribution < 1.29 is 13.7 Å². The summed E-state index contributed by atoms with van der Waals surface area (Å²) in [6, 6.07) is 3.30. The lowest BCUT2D eigenvalue weighted by Gasteiger charge is -2.32. The van der Waals surface area contributed by atoms with Gasteiger partial charge in [-0.2, -0.15) is 0 Å². The highest BCUT2D eigenvalue weighted by atomic mass is 35.5. The van der Waals surface area contributed by atoms with Gasteiger partial charge in [0.15, 0.2) is 0 Å². The molecule has 0 aromatic heterocycles. The Labute approximate surface area is 113 Å². The quantitative estimate of drug-likeness (QED) is 0.730. The standard InChI is InChI=1S/C13H17BClFO2/c1-8-6-9(11(16)10(15)7-8)14-17-12(2,3)13(4,5)18-14/h6-7H,1-5H3. The molecular formula is C13H17BClFO2. The number of benzene rings is 1. The summed E-state index contributed by atoms with van der Waals surface area (Å²) >= 11 is 5.85. The van der Waals surface area contributed by atoms with E-state index in [2.05, 4.69) is 0 Å². The zero-order valence-electron chi connectivity index (χ0n) is 11.3. The van der Waals surface area contributed by atoms with Crippen molar-refractivity contribution in [2.45, 2.75) is 45.8 Å². The molecule has 1 aromatic rings. The first kappa shape index (κ1) is 13.8. The second kappa shape index (κ2) is 4.22. The van der Waals surface area contributed by atoms with Crippen molar-refractivity contribution in [3.8, 4) is 0 Å². The molecule has 1 heterocycles. The van der Waals surface area contributed by atoms with E-state index in [1.54, 1.807) is 12.1 Å². The smallest absolute Gasteiger partial charge is 0.399 e. The molecule has 1 fully saturated rings. The number of aryl methyl sites for hydroxylation is 1. The number of hydrogen-bond donors (Lipinski definition) is 0. The fraction of sp³-hybridized carbons (Fsp3) is 0.538. The van der Waals surface area contributed by atoms with Crippen LogP contribution < -0.4 is 5.46 Å². The predicted molar refractivity (Wildman–Crippen MR) is 71.9 cm³/mol. The molecule has 98 valence electrons. The average molecular weight is 271 g/mol. The first-order chi connectivity index (χ1) is 8.14. The van der Waals surface area contributed by atoms with Gasteiger partial charge in [-0.1, -0.05) is 17.7 Å². The Morgan fingerprint density at radius 2 is 1.61 bits per heavy atom. The van der Waals surface area contributed by atoms with E-state index in [4.69, 9.17) is 20.9 Å². The van der Waals surface area contributed by atoms with E-state index >= 15 is 0 Å². The highest BCUT2D eigenvalue weighted by Gasteiger charge is 2.52. The Morgan fingerprint density at radius 3 is 2.11 bits per heavy atom. The van der Waals surface area contributed by atoms with Crippen molar-refractivity contribution in [3.63, 3.8) is 0 Å². The largest absolute Gasteiger partial charge is 0.497 e. The van der Waals surface area contributed by atoms with Crippen molar-refractivity contribution in [2.75, 3.05) is 0 Å². The minimum Gasteiger partial charge on any atom is -0.399 e. The highest BCUT2D eigenvalue weighted by molar-refractivity contribution is 6.62. The summed E-state index contributed by atoms with van der Waals surface area (Å²) in [6.45, 7) is 9.59. The van der Waals surface area contributed by atoms with Crippen molar-refractivity contribution in [2.24, 2.45) is 0 Å². The normalized spacial score (nSPS) is 21.4. The summed E-state index contributed by atoms with van der Waals surface area (Å²) in [5, 5.41) is 0.0970. The third-order valence-corrected chi connectivity index (χ3v) is 3.98. The van der Waals surface area contributed by atoms with E-state index in [0.29, 0.717) is 5.46 Å². The van der Waals surface area contributed by atoms with Crippen LogP contribution in [0, 0.1) is 12.7 Å². The third kappa shape index (κ3) is 2.17. The first-order valence-corrected chi connectivity index (χ1v) is 6.33. The molecule has 0 saturated carbocycles. The van der Waals surface area contributed by atoms with Gasteiger partial charge in [-0.05, 0) is 46.2 Å². The van der Waals surface area contributed by atoms with Crippen molar-refractivity contribution in [1.82, 2.24) is 0 Å². The molecule has 0 aliphatic carbocycles. The zero-order chi connectivity index (χ0) is 13.7. The van der Waals surface area contributed by atoms with Gasteiger partial charge in [0.05, 0.1) is 16.2 Å². The maximum Gasteiger partial charge on any atom is 0.497 e. The van der Waals surface area contributed by atoms with Gasteiger partial charge in [0, 0.05) is 5.46 Å². The van der Waals surface area contributed by atoms with Crippen LogP contribution >= 0.6 is 11.6 Å². The number of hydrogen-bond acceptors (Lipinski definition) is 2. The summed E-state index contributed by atoms with van der Waals surface area (Å²) in [5.74, 6) is -0.472. The monoisotopic (exact) mass is 270 g/mol. The fourth-order valence-corrected chi connectivity index (χ4v) is 2.17. The Kier molecular flexibility index (Phi) is 3.25. The summed E-state index contributed by atoms with van der Waals surface area (Å²) in [5.41, 5.74) is 0.269. The summed E-state index contributed by atoms with van der Waals surface area (Å²) in [6.07, 6.45) is 0. The van der Waals surface area contributed by atoms with E-state index in [1.165, 1.54) is 0 Å². The van der Waals surface area contributed by atoms with Gasteiger partial charge >= 0.3 is 7.12 Å². The van der Waals surface area contributed by atoms with Crippen LogP contribution in [-0.4, -0.2) is 18.3 Å². The zero-order valence-corrected chi connectivity index (χ0v) is 12.1. The van der Waals surface area contributed by atoms with Crippen LogP contribution in [0.15, 0.2) is 12.1 Å². The lowest BCUT2D eigenvalue weighted by Crippen LogP contribution is -2.41. The molecule has 1 aliphatic heterocycles. The lowest BCUT2D eigenvalue weighted by atomic mass is 9.78. The molecule has 0 radical (unpaired) electrons. The van der Waals surface area contributed by atoms with Crippen LogP contribution in [0.25, 0.3) is 0 Å². The number of halogens is 2. The summed E-state index contributed by atoms with van der Waals surface area (Å²) < 4.78 is 25.7. The van der Waals surface area contributed by atoms with Crippen molar-refractivity contribution in [1.29, 1.82) is 0 Å². The Morgan fingerprint density at radius 1 is 1.11 bits per heavy atom. The molecule has 2 nitrogen and oxygen atoms in total. The van der Waals surface area contributed by atoms with E-state index in [0.717, 1.165) is 5.56 Å². The van der Waals surface area contributed by atoms with Gasteiger partial charge in [-0.25, -0.2) is 4.39 Å². The van der Waals surface area contributed by atoms with E-state index < -0.39 is 24.1 Å². The van der Waals surface area contributed by atoms with E-state index in [-0.39, 0.29) is 5.02 Å². The summed E-state index contributed by atoms with van der Waals surface area (Å²) in [4.78, 5) is 0. The van der Waals surface area contributed by atoms with Crippen molar-refractivity contribution >= 4 is 24.2 Å². The fourth-order valence-electron chi connectivity index (χ4n) is 1.89. The van der Waals surface area contributed by atoms with Gasteiger partial charge in [0.1, 0.15) is 5.82 Å². The van der Waals surface area contributed by atoms with Crippen LogP contribution in [0.5, 0.6) is 0 Å². The minimum absolute atomic E-state index is 0.0970. The predicted octanol–water partition coefficient (Wildman–Crippen LogP) is 3.09.